The van der Waals surface area contributed by atoms with Gasteiger partial charge in [0.05, 0.1) is 12.6 Å². The molecule has 0 bridgehead atoms. The number of likely N-dealkylation sites (tertiary alicyclic amines) is 1. The molecule has 1 aliphatic rings. The maximum Gasteiger partial charge on any atom is 0.227 e. The highest BCUT2D eigenvalue weighted by atomic mass is 16.2. The number of para-hydroxylation sites is 1. The molecule has 0 spiro atoms. The minimum atomic E-state index is 0.232. The second-order valence-corrected chi connectivity index (χ2v) is 7.12. The number of piperidine rings is 1. The van der Waals surface area contributed by atoms with E-state index in [1.54, 1.807) is 0 Å². The van der Waals surface area contributed by atoms with E-state index in [-0.39, 0.29) is 5.91 Å². The summed E-state index contributed by atoms with van der Waals surface area (Å²) in [6, 6.07) is 8.16. The van der Waals surface area contributed by atoms with Gasteiger partial charge in [0.25, 0.3) is 0 Å². The van der Waals surface area contributed by atoms with Crippen molar-refractivity contribution in [2.45, 2.75) is 32.6 Å². The van der Waals surface area contributed by atoms with Crippen LogP contribution >= 0.6 is 0 Å². The molecule has 130 valence electrons. The highest BCUT2D eigenvalue weighted by Gasteiger charge is 2.25. The number of rotatable bonds is 4. The number of carbonyl (C=O) groups is 1. The Bertz CT molecular complexity index is 879. The zero-order valence-corrected chi connectivity index (χ0v) is 14.6. The molecule has 25 heavy (non-hydrogen) atoms. The van der Waals surface area contributed by atoms with Crippen LogP contribution in [0.25, 0.3) is 10.9 Å². The SMILES string of the molecule is Cc1cn[nH]c1CC1CCCN(C(=O)Cc2c[nH]c3ccccc23)C1. The molecule has 0 radical (unpaired) electrons. The van der Waals surface area contributed by atoms with E-state index in [0.717, 1.165) is 42.4 Å². The highest BCUT2D eigenvalue weighted by molar-refractivity contribution is 5.88. The standard InChI is InChI=1S/C20H24N4O/c1-14-11-22-23-19(14)9-15-5-4-8-24(13-15)20(25)10-16-12-21-18-7-3-2-6-17(16)18/h2-3,6-7,11-12,15,21H,4-5,8-10,13H2,1H3,(H,22,23). The average Bonchev–Trinajstić information content (AvgIpc) is 3.22. The number of fused-ring (bicyclic) bond motifs is 1. The molecule has 1 amide bonds. The van der Waals surface area contributed by atoms with Gasteiger partial charge in [-0.3, -0.25) is 9.89 Å². The Morgan fingerprint density at radius 3 is 3.08 bits per heavy atom. The fourth-order valence-corrected chi connectivity index (χ4v) is 3.88. The van der Waals surface area contributed by atoms with Crippen molar-refractivity contribution in [2.24, 2.45) is 5.92 Å². The van der Waals surface area contributed by atoms with Gasteiger partial charge in [0, 0.05) is 35.9 Å². The first-order valence-electron chi connectivity index (χ1n) is 9.02. The van der Waals surface area contributed by atoms with Crippen LogP contribution in [-0.2, 0) is 17.6 Å². The third-order valence-corrected chi connectivity index (χ3v) is 5.31. The van der Waals surface area contributed by atoms with Crippen LogP contribution in [0.5, 0.6) is 0 Å². The molecule has 0 saturated carbocycles. The van der Waals surface area contributed by atoms with Crippen LogP contribution < -0.4 is 0 Å². The van der Waals surface area contributed by atoms with Crippen LogP contribution in [0.2, 0.25) is 0 Å². The Kier molecular flexibility index (Phi) is 4.30. The molecule has 3 aromatic rings. The molecule has 1 fully saturated rings. The van der Waals surface area contributed by atoms with E-state index >= 15 is 0 Å². The third-order valence-electron chi connectivity index (χ3n) is 5.31. The molecule has 2 aromatic heterocycles. The van der Waals surface area contributed by atoms with Gasteiger partial charge in [-0.25, -0.2) is 0 Å². The summed E-state index contributed by atoms with van der Waals surface area (Å²) < 4.78 is 0. The first-order valence-corrected chi connectivity index (χ1v) is 9.02. The second kappa shape index (κ2) is 6.75. The summed E-state index contributed by atoms with van der Waals surface area (Å²) in [6.07, 6.45) is 7.55. The Balaban J connectivity index is 1.42. The molecular weight excluding hydrogens is 312 g/mol. The molecule has 0 aliphatic carbocycles. The van der Waals surface area contributed by atoms with Crippen LogP contribution in [0, 0.1) is 12.8 Å². The molecule has 1 aliphatic heterocycles. The molecule has 1 saturated heterocycles. The number of nitrogens with zero attached hydrogens (tertiary/aromatic N) is 2. The Morgan fingerprint density at radius 1 is 1.36 bits per heavy atom. The van der Waals surface area contributed by atoms with E-state index in [9.17, 15) is 4.79 Å². The smallest absolute Gasteiger partial charge is 0.227 e. The summed E-state index contributed by atoms with van der Waals surface area (Å²) in [4.78, 5) is 18.1. The number of nitrogens with one attached hydrogen (secondary N) is 2. The fourth-order valence-electron chi connectivity index (χ4n) is 3.88. The number of amides is 1. The van der Waals surface area contributed by atoms with E-state index in [4.69, 9.17) is 0 Å². The van der Waals surface area contributed by atoms with Gasteiger partial charge >= 0.3 is 0 Å². The Hall–Kier alpha value is -2.56. The van der Waals surface area contributed by atoms with Crippen molar-refractivity contribution < 1.29 is 4.79 Å². The largest absolute Gasteiger partial charge is 0.361 e. The summed E-state index contributed by atoms with van der Waals surface area (Å²) in [5, 5.41) is 8.36. The Labute approximate surface area is 147 Å². The lowest BCUT2D eigenvalue weighted by Crippen LogP contribution is -2.41. The van der Waals surface area contributed by atoms with Gasteiger partial charge in [0.1, 0.15) is 0 Å². The number of aromatic amines is 2. The van der Waals surface area contributed by atoms with E-state index in [1.807, 2.05) is 35.5 Å². The van der Waals surface area contributed by atoms with Gasteiger partial charge in [-0.05, 0) is 49.3 Å². The van der Waals surface area contributed by atoms with E-state index < -0.39 is 0 Å². The molecular formula is C20H24N4O. The van der Waals surface area contributed by atoms with Crippen molar-refractivity contribution in [3.63, 3.8) is 0 Å². The third kappa shape index (κ3) is 3.31. The predicted octanol–water partition coefficient (Wildman–Crippen LogP) is 3.22. The second-order valence-electron chi connectivity index (χ2n) is 7.12. The molecule has 5 heteroatoms. The topological polar surface area (TPSA) is 64.8 Å². The first kappa shape index (κ1) is 15.9. The van der Waals surface area contributed by atoms with Crippen molar-refractivity contribution in [3.05, 3.63) is 53.5 Å². The van der Waals surface area contributed by atoms with Crippen LogP contribution in [-0.4, -0.2) is 39.1 Å². The minimum absolute atomic E-state index is 0.232. The average molecular weight is 336 g/mol. The monoisotopic (exact) mass is 336 g/mol. The molecule has 2 N–H and O–H groups in total. The maximum absolute atomic E-state index is 12.8. The van der Waals surface area contributed by atoms with Crippen LogP contribution in [0.15, 0.2) is 36.7 Å². The number of hydrogen-bond acceptors (Lipinski definition) is 2. The van der Waals surface area contributed by atoms with Crippen LogP contribution in [0.4, 0.5) is 0 Å². The van der Waals surface area contributed by atoms with Crippen LogP contribution in [0.3, 0.4) is 0 Å². The number of hydrogen-bond donors (Lipinski definition) is 2. The summed E-state index contributed by atoms with van der Waals surface area (Å²) in [6.45, 7) is 3.81. The number of aromatic nitrogens is 3. The van der Waals surface area contributed by atoms with E-state index in [0.29, 0.717) is 12.3 Å². The van der Waals surface area contributed by atoms with Gasteiger partial charge in [-0.2, -0.15) is 5.10 Å². The van der Waals surface area contributed by atoms with Crippen LogP contribution in [0.1, 0.15) is 29.7 Å². The number of carbonyl (C=O) groups excluding carboxylic acids is 1. The zero-order chi connectivity index (χ0) is 17.2. The number of benzene rings is 1. The maximum atomic E-state index is 12.8. The normalized spacial score (nSPS) is 18.0. The lowest BCUT2D eigenvalue weighted by Gasteiger charge is -2.33. The zero-order valence-electron chi connectivity index (χ0n) is 14.6. The number of aryl methyl sites for hydroxylation is 1. The minimum Gasteiger partial charge on any atom is -0.361 e. The highest BCUT2D eigenvalue weighted by Crippen LogP contribution is 2.23. The van der Waals surface area contributed by atoms with E-state index in [2.05, 4.69) is 28.2 Å². The van der Waals surface area contributed by atoms with Crippen molar-refractivity contribution in [2.75, 3.05) is 13.1 Å². The lowest BCUT2D eigenvalue weighted by atomic mass is 9.92. The number of H-pyrrole nitrogens is 2. The molecule has 4 rings (SSSR count). The van der Waals surface area contributed by atoms with Crippen molar-refractivity contribution in [3.8, 4) is 0 Å². The fraction of sp³-hybridized carbons (Fsp3) is 0.400. The first-order chi connectivity index (χ1) is 12.2. The summed E-state index contributed by atoms with van der Waals surface area (Å²) in [7, 11) is 0. The van der Waals surface area contributed by atoms with Crippen molar-refractivity contribution >= 4 is 16.8 Å². The molecule has 1 aromatic carbocycles. The van der Waals surface area contributed by atoms with Crippen molar-refractivity contribution in [1.82, 2.24) is 20.1 Å². The summed E-state index contributed by atoms with van der Waals surface area (Å²) >= 11 is 0. The van der Waals surface area contributed by atoms with E-state index in [1.165, 1.54) is 17.7 Å². The quantitative estimate of drug-likeness (QED) is 0.768. The summed E-state index contributed by atoms with van der Waals surface area (Å²) in [5.74, 6) is 0.746. The van der Waals surface area contributed by atoms with Gasteiger partial charge in [0.2, 0.25) is 5.91 Å². The predicted molar refractivity (Wildman–Crippen MR) is 98.3 cm³/mol. The van der Waals surface area contributed by atoms with Gasteiger partial charge in [0.15, 0.2) is 0 Å². The van der Waals surface area contributed by atoms with Crippen molar-refractivity contribution in [1.29, 1.82) is 0 Å². The molecule has 1 atom stereocenters. The molecule has 5 nitrogen and oxygen atoms in total. The lowest BCUT2D eigenvalue weighted by molar-refractivity contribution is -0.132. The summed E-state index contributed by atoms with van der Waals surface area (Å²) in [5.41, 5.74) is 4.60. The van der Waals surface area contributed by atoms with Gasteiger partial charge < -0.3 is 9.88 Å². The Morgan fingerprint density at radius 2 is 2.24 bits per heavy atom. The molecule has 3 heterocycles. The van der Waals surface area contributed by atoms with Gasteiger partial charge in [-0.1, -0.05) is 18.2 Å². The van der Waals surface area contributed by atoms with Gasteiger partial charge in [-0.15, -0.1) is 0 Å². The molecule has 1 unspecified atom stereocenters.